The molecule has 1 fully saturated rings. The van der Waals surface area contributed by atoms with Gasteiger partial charge >= 0.3 is 7.82 Å². The molecule has 16 heavy (non-hydrogen) atoms. The molecule has 6 N–H and O–H groups in total. The van der Waals surface area contributed by atoms with E-state index in [1.165, 1.54) is 0 Å². The summed E-state index contributed by atoms with van der Waals surface area (Å²) in [6.45, 7) is -0.702. The van der Waals surface area contributed by atoms with E-state index in [1.807, 2.05) is 0 Å². The van der Waals surface area contributed by atoms with Crippen LogP contribution in [0.25, 0.3) is 0 Å². The standard InChI is InChI=1S/C6H13O9P/c7-1-2-3(8)4(9)5(10)6(14-2)15-16(11,12)13/h2-10H,1H2,(H2,11,12,13)/t2?,3-,4+,5?,6+/m0/s1. The van der Waals surface area contributed by atoms with E-state index in [0.29, 0.717) is 0 Å². The molecule has 2 unspecified atom stereocenters. The monoisotopic (exact) mass is 260 g/mol. The van der Waals surface area contributed by atoms with Crippen molar-refractivity contribution in [2.75, 3.05) is 6.61 Å². The van der Waals surface area contributed by atoms with Gasteiger partial charge in [0.15, 0.2) is 6.29 Å². The highest BCUT2D eigenvalue weighted by Crippen LogP contribution is 2.40. The summed E-state index contributed by atoms with van der Waals surface area (Å²) >= 11 is 0. The zero-order valence-corrected chi connectivity index (χ0v) is 8.84. The first-order valence-electron chi connectivity index (χ1n) is 4.30. The predicted octanol–water partition coefficient (Wildman–Crippen LogP) is -3.10. The fourth-order valence-electron chi connectivity index (χ4n) is 1.29. The van der Waals surface area contributed by atoms with Crippen LogP contribution in [0.3, 0.4) is 0 Å². The van der Waals surface area contributed by atoms with E-state index in [9.17, 15) is 19.9 Å². The van der Waals surface area contributed by atoms with Crippen molar-refractivity contribution in [3.8, 4) is 0 Å². The minimum absolute atomic E-state index is 0.702. The van der Waals surface area contributed by atoms with Gasteiger partial charge in [-0.15, -0.1) is 0 Å². The van der Waals surface area contributed by atoms with Crippen LogP contribution < -0.4 is 0 Å². The van der Waals surface area contributed by atoms with E-state index in [1.54, 1.807) is 0 Å². The van der Waals surface area contributed by atoms with Gasteiger partial charge < -0.3 is 34.9 Å². The topological polar surface area (TPSA) is 157 Å². The van der Waals surface area contributed by atoms with Crippen LogP contribution in [0.1, 0.15) is 0 Å². The molecule has 9 nitrogen and oxygen atoms in total. The van der Waals surface area contributed by atoms with Crippen molar-refractivity contribution in [2.24, 2.45) is 0 Å². The van der Waals surface area contributed by atoms with Gasteiger partial charge in [0.05, 0.1) is 6.61 Å². The quantitative estimate of drug-likeness (QED) is 0.289. The fraction of sp³-hybridized carbons (Fsp3) is 1.00. The number of hydrogen-bond acceptors (Lipinski definition) is 7. The maximum Gasteiger partial charge on any atom is 0.472 e. The summed E-state index contributed by atoms with van der Waals surface area (Å²) in [5.41, 5.74) is 0. The first kappa shape index (κ1) is 14.0. The van der Waals surface area contributed by atoms with E-state index >= 15 is 0 Å². The van der Waals surface area contributed by atoms with Crippen molar-refractivity contribution in [2.45, 2.75) is 30.7 Å². The second-order valence-electron chi connectivity index (χ2n) is 3.29. The molecule has 5 atom stereocenters. The van der Waals surface area contributed by atoms with Gasteiger partial charge in [0.25, 0.3) is 0 Å². The van der Waals surface area contributed by atoms with Crippen LogP contribution in [0.2, 0.25) is 0 Å². The van der Waals surface area contributed by atoms with E-state index in [4.69, 9.17) is 14.9 Å². The molecule has 0 bridgehead atoms. The number of phosphoric ester groups is 1. The van der Waals surface area contributed by atoms with Gasteiger partial charge in [-0.25, -0.2) is 4.57 Å². The summed E-state index contributed by atoms with van der Waals surface area (Å²) in [6, 6.07) is 0. The molecular weight excluding hydrogens is 247 g/mol. The first-order chi connectivity index (χ1) is 7.26. The molecule has 10 heteroatoms. The second-order valence-corrected chi connectivity index (χ2v) is 4.49. The van der Waals surface area contributed by atoms with Crippen LogP contribution in [0.5, 0.6) is 0 Å². The van der Waals surface area contributed by atoms with Gasteiger partial charge in [-0.3, -0.25) is 4.52 Å². The third-order valence-corrected chi connectivity index (χ3v) is 2.57. The molecule has 0 aliphatic carbocycles. The molecule has 0 saturated carbocycles. The zero-order valence-electron chi connectivity index (χ0n) is 7.95. The Morgan fingerprint density at radius 2 is 1.69 bits per heavy atom. The highest BCUT2D eigenvalue weighted by Gasteiger charge is 2.46. The third-order valence-electron chi connectivity index (χ3n) is 2.09. The molecule has 0 radical (unpaired) electrons. The average Bonchev–Trinajstić information content (AvgIpc) is 2.17. The van der Waals surface area contributed by atoms with Gasteiger partial charge in [0.1, 0.15) is 24.4 Å². The Kier molecular flexibility index (Phi) is 4.41. The lowest BCUT2D eigenvalue weighted by Gasteiger charge is -2.39. The van der Waals surface area contributed by atoms with Crippen LogP contribution in [0.15, 0.2) is 0 Å². The molecule has 0 amide bonds. The molecule has 1 aliphatic rings. The SMILES string of the molecule is O=P(O)(O)O[C@H]1OC(CO)[C@H](O)[C@@H](O)C1O. The molecule has 1 aliphatic heterocycles. The van der Waals surface area contributed by atoms with Crippen molar-refractivity contribution >= 4 is 7.82 Å². The highest BCUT2D eigenvalue weighted by atomic mass is 31.2. The van der Waals surface area contributed by atoms with Crippen molar-refractivity contribution in [3.05, 3.63) is 0 Å². The van der Waals surface area contributed by atoms with Crippen molar-refractivity contribution < 1.29 is 44.0 Å². The Morgan fingerprint density at radius 1 is 1.12 bits per heavy atom. The lowest BCUT2D eigenvalue weighted by molar-refractivity contribution is -0.280. The van der Waals surface area contributed by atoms with Crippen LogP contribution >= 0.6 is 7.82 Å². The molecule has 0 aromatic carbocycles. The normalized spacial score (nSPS) is 41.0. The summed E-state index contributed by atoms with van der Waals surface area (Å²) in [5.74, 6) is 0. The molecular formula is C6H13O9P. The van der Waals surface area contributed by atoms with Crippen LogP contribution in [-0.4, -0.2) is 67.5 Å². The molecule has 1 rings (SSSR count). The third kappa shape index (κ3) is 3.20. The van der Waals surface area contributed by atoms with Gasteiger partial charge in [0, 0.05) is 0 Å². The van der Waals surface area contributed by atoms with Gasteiger partial charge in [0.2, 0.25) is 0 Å². The average molecular weight is 260 g/mol. The molecule has 1 heterocycles. The Hall–Kier alpha value is -0.0900. The smallest absolute Gasteiger partial charge is 0.394 e. The number of ether oxygens (including phenoxy) is 1. The molecule has 0 aromatic heterocycles. The lowest BCUT2D eigenvalue weighted by Crippen LogP contribution is -2.58. The maximum absolute atomic E-state index is 10.5. The van der Waals surface area contributed by atoms with Gasteiger partial charge in [-0.1, -0.05) is 0 Å². The summed E-state index contributed by atoms with van der Waals surface area (Å²) in [7, 11) is -4.91. The highest BCUT2D eigenvalue weighted by molar-refractivity contribution is 7.46. The maximum atomic E-state index is 10.5. The minimum atomic E-state index is -4.91. The Balaban J connectivity index is 2.75. The van der Waals surface area contributed by atoms with Crippen LogP contribution in [0.4, 0.5) is 0 Å². The Morgan fingerprint density at radius 3 is 2.12 bits per heavy atom. The van der Waals surface area contributed by atoms with E-state index in [0.717, 1.165) is 0 Å². The largest absolute Gasteiger partial charge is 0.472 e. The Bertz CT molecular complexity index is 275. The summed E-state index contributed by atoms with van der Waals surface area (Å²) in [5, 5.41) is 36.6. The van der Waals surface area contributed by atoms with Crippen LogP contribution in [0, 0.1) is 0 Å². The van der Waals surface area contributed by atoms with Gasteiger partial charge in [-0.05, 0) is 0 Å². The van der Waals surface area contributed by atoms with Crippen LogP contribution in [-0.2, 0) is 13.8 Å². The molecule has 0 spiro atoms. The van der Waals surface area contributed by atoms with E-state index in [2.05, 4.69) is 9.26 Å². The summed E-state index contributed by atoms with van der Waals surface area (Å²) in [6.07, 6.45) is -8.25. The minimum Gasteiger partial charge on any atom is -0.394 e. The van der Waals surface area contributed by atoms with Crippen molar-refractivity contribution in [1.29, 1.82) is 0 Å². The number of rotatable bonds is 3. The van der Waals surface area contributed by atoms with Crippen molar-refractivity contribution in [1.82, 2.24) is 0 Å². The number of aliphatic hydroxyl groups excluding tert-OH is 4. The number of phosphoric acid groups is 1. The van der Waals surface area contributed by atoms with Crippen molar-refractivity contribution in [3.63, 3.8) is 0 Å². The fourth-order valence-corrected chi connectivity index (χ4v) is 1.73. The number of hydrogen-bond donors (Lipinski definition) is 6. The summed E-state index contributed by atoms with van der Waals surface area (Å²) < 4.78 is 19.2. The first-order valence-corrected chi connectivity index (χ1v) is 5.83. The number of aliphatic hydroxyl groups is 4. The van der Waals surface area contributed by atoms with E-state index < -0.39 is 45.1 Å². The predicted molar refractivity (Wildman–Crippen MR) is 46.9 cm³/mol. The van der Waals surface area contributed by atoms with Gasteiger partial charge in [-0.2, -0.15) is 0 Å². The lowest BCUT2D eigenvalue weighted by atomic mass is 10.00. The molecule has 0 aromatic rings. The Labute approximate surface area is 90.1 Å². The second kappa shape index (κ2) is 5.05. The summed E-state index contributed by atoms with van der Waals surface area (Å²) in [4.78, 5) is 17.0. The molecule has 96 valence electrons. The van der Waals surface area contributed by atoms with E-state index in [-0.39, 0.29) is 0 Å². The zero-order chi connectivity index (χ0) is 12.5. The molecule has 1 saturated heterocycles.